The van der Waals surface area contributed by atoms with Crippen molar-refractivity contribution in [2.45, 2.75) is 0 Å². The highest BCUT2D eigenvalue weighted by molar-refractivity contribution is 6.11. The quantitative estimate of drug-likeness (QED) is 0.366. The van der Waals surface area contributed by atoms with Crippen LogP contribution in [0.2, 0.25) is 0 Å². The fourth-order valence-corrected chi connectivity index (χ4v) is 4.35. The molecule has 2 heterocycles. The summed E-state index contributed by atoms with van der Waals surface area (Å²) < 4.78 is 0. The van der Waals surface area contributed by atoms with Gasteiger partial charge in [0.1, 0.15) is 0 Å². The van der Waals surface area contributed by atoms with Crippen molar-refractivity contribution in [3.63, 3.8) is 0 Å². The molecule has 8 heteroatoms. The largest absolute Gasteiger partial charge is 0.377 e. The summed E-state index contributed by atoms with van der Waals surface area (Å²) in [6.07, 6.45) is 12.3. The van der Waals surface area contributed by atoms with Crippen LogP contribution >= 0.6 is 0 Å². The number of benzene rings is 3. The molecule has 0 aromatic heterocycles. The number of primary amides is 1. The van der Waals surface area contributed by atoms with Crippen LogP contribution < -0.4 is 21.3 Å². The van der Waals surface area contributed by atoms with Gasteiger partial charge in [-0.25, -0.2) is 0 Å². The zero-order chi connectivity index (χ0) is 28.1. The van der Waals surface area contributed by atoms with Crippen molar-refractivity contribution in [3.05, 3.63) is 132 Å². The van der Waals surface area contributed by atoms with Gasteiger partial charge in [-0.1, -0.05) is 0 Å². The number of nitrogens with two attached hydrogens (primary N) is 1. The molecule has 0 bridgehead atoms. The molecule has 0 saturated carbocycles. The van der Waals surface area contributed by atoms with Crippen LogP contribution in [0.5, 0.6) is 0 Å². The Balaban J connectivity index is 1.41. The monoisotopic (exact) mass is 532 g/mol. The molecule has 3 aromatic rings. The van der Waals surface area contributed by atoms with Crippen molar-refractivity contribution in [2.24, 2.45) is 5.73 Å². The molecule has 0 fully saturated rings. The van der Waals surface area contributed by atoms with Gasteiger partial charge in [0.15, 0.2) is 0 Å². The van der Waals surface area contributed by atoms with E-state index in [0.717, 1.165) is 35.9 Å². The maximum absolute atomic E-state index is 13.8. The van der Waals surface area contributed by atoms with E-state index in [2.05, 4.69) is 32.6 Å². The Morgan fingerprint density at radius 3 is 1.48 bits per heavy atom. The summed E-state index contributed by atoms with van der Waals surface area (Å²) in [6, 6.07) is 21.9. The van der Waals surface area contributed by atoms with Crippen LogP contribution in [-0.4, -0.2) is 48.8 Å². The summed E-state index contributed by atoms with van der Waals surface area (Å²) >= 11 is 0. The summed E-state index contributed by atoms with van der Waals surface area (Å²) in [5.41, 5.74) is 11.5. The number of anilines is 4. The van der Waals surface area contributed by atoms with Crippen LogP contribution in [-0.2, 0) is 0 Å². The third-order valence-electron chi connectivity index (χ3n) is 6.66. The third-order valence-corrected chi connectivity index (χ3v) is 6.66. The second kappa shape index (κ2) is 11.7. The highest BCUT2D eigenvalue weighted by atomic mass is 16.2. The van der Waals surface area contributed by atoms with E-state index in [-0.39, 0.29) is 5.91 Å². The minimum Gasteiger partial charge on any atom is -0.377 e. The Labute approximate surface area is 234 Å². The normalized spacial score (nSPS) is 14.3. The Bertz CT molecular complexity index is 1420. The number of rotatable bonds is 8. The molecule has 0 spiro atoms. The van der Waals surface area contributed by atoms with Crippen LogP contribution in [0.3, 0.4) is 0 Å². The summed E-state index contributed by atoms with van der Waals surface area (Å²) in [5, 5.41) is 6.82. The molecule has 0 saturated heterocycles. The van der Waals surface area contributed by atoms with Gasteiger partial charge < -0.3 is 26.2 Å². The molecule has 0 atom stereocenters. The molecule has 40 heavy (non-hydrogen) atoms. The molecule has 202 valence electrons. The van der Waals surface area contributed by atoms with Gasteiger partial charge in [-0.05, 0) is 97.1 Å². The first-order valence-corrected chi connectivity index (χ1v) is 13.0. The highest BCUT2D eigenvalue weighted by Crippen LogP contribution is 2.31. The summed E-state index contributed by atoms with van der Waals surface area (Å²) in [6.45, 7) is 1.67. The van der Waals surface area contributed by atoms with E-state index < -0.39 is 5.91 Å². The molecule has 0 radical (unpaired) electrons. The maximum atomic E-state index is 13.8. The van der Waals surface area contributed by atoms with E-state index in [9.17, 15) is 9.59 Å². The third kappa shape index (κ3) is 6.24. The number of hydrogen-bond donors (Lipinski definition) is 3. The van der Waals surface area contributed by atoms with Crippen LogP contribution in [0.25, 0.3) is 0 Å². The minimum atomic E-state index is -0.536. The molecular formula is C32H32N6O2. The van der Waals surface area contributed by atoms with Crippen molar-refractivity contribution in [1.82, 2.24) is 9.80 Å². The number of carbonyl (C=O) groups is 2. The van der Waals surface area contributed by atoms with Crippen molar-refractivity contribution >= 4 is 34.6 Å². The van der Waals surface area contributed by atoms with Crippen molar-refractivity contribution in [2.75, 3.05) is 42.7 Å². The average Bonchev–Trinajstić information content (AvgIpc) is 2.97. The van der Waals surface area contributed by atoms with Crippen LogP contribution in [0.15, 0.2) is 121 Å². The lowest BCUT2D eigenvalue weighted by atomic mass is 10.1. The minimum absolute atomic E-state index is 0.223. The topological polar surface area (TPSA) is 93.9 Å². The van der Waals surface area contributed by atoms with E-state index in [1.807, 2.05) is 87.2 Å². The van der Waals surface area contributed by atoms with E-state index >= 15 is 0 Å². The molecule has 3 aromatic carbocycles. The number of hydrogen-bond acceptors (Lipinski definition) is 6. The SMILES string of the molecule is CN1C=CC(Nc2ccc(N(C(=O)c3ccc(C(N)=O)cc3)c3ccc(NC4=CCN(C)C=C4)cc3)cc2)=CC1. The number of likely N-dealkylation sites (N-methyl/N-ethyl adjacent to an activating group) is 2. The van der Waals surface area contributed by atoms with Gasteiger partial charge in [-0.15, -0.1) is 0 Å². The number of carbonyl (C=O) groups excluding carboxylic acids is 2. The standard InChI is InChI=1S/C32H32N6O2/c1-36-19-15-27(16-20-36)34-25-7-11-29(12-8-25)38(32(40)24-5-3-23(4-6-24)31(33)39)30-13-9-26(10-14-30)35-28-17-21-37(2)22-18-28/h3-19,21,34-35H,20,22H2,1-2H3,(H2,33,39). The lowest BCUT2D eigenvalue weighted by Gasteiger charge is -2.24. The van der Waals surface area contributed by atoms with Gasteiger partial charge in [-0.3, -0.25) is 14.5 Å². The fourth-order valence-electron chi connectivity index (χ4n) is 4.35. The smallest absolute Gasteiger partial charge is 0.262 e. The average molecular weight is 533 g/mol. The molecule has 2 amide bonds. The second-order valence-corrected chi connectivity index (χ2v) is 9.76. The van der Waals surface area contributed by atoms with Crippen LogP contribution in [0, 0.1) is 0 Å². The Morgan fingerprint density at radius 1 is 0.675 bits per heavy atom. The Kier molecular flexibility index (Phi) is 7.68. The predicted molar refractivity (Wildman–Crippen MR) is 161 cm³/mol. The maximum Gasteiger partial charge on any atom is 0.262 e. The molecule has 2 aliphatic rings. The number of nitrogens with one attached hydrogen (secondary N) is 2. The van der Waals surface area contributed by atoms with Crippen LogP contribution in [0.1, 0.15) is 20.7 Å². The zero-order valence-corrected chi connectivity index (χ0v) is 22.5. The van der Waals surface area contributed by atoms with E-state index in [4.69, 9.17) is 5.73 Å². The number of allylic oxidation sites excluding steroid dienone is 2. The number of amides is 2. The molecule has 4 N–H and O–H groups in total. The van der Waals surface area contributed by atoms with Crippen LogP contribution in [0.4, 0.5) is 22.7 Å². The van der Waals surface area contributed by atoms with Gasteiger partial charge in [0.25, 0.3) is 5.91 Å². The van der Waals surface area contributed by atoms with Crippen molar-refractivity contribution < 1.29 is 9.59 Å². The molecule has 2 aliphatic heterocycles. The summed E-state index contributed by atoms with van der Waals surface area (Å²) in [7, 11) is 4.05. The zero-order valence-electron chi connectivity index (χ0n) is 22.5. The molecule has 5 rings (SSSR count). The molecule has 0 aliphatic carbocycles. The first kappa shape index (κ1) is 26.4. The summed E-state index contributed by atoms with van der Waals surface area (Å²) in [4.78, 5) is 31.2. The second-order valence-electron chi connectivity index (χ2n) is 9.76. The van der Waals surface area contributed by atoms with Crippen molar-refractivity contribution in [3.8, 4) is 0 Å². The Morgan fingerprint density at radius 2 is 1.10 bits per heavy atom. The van der Waals surface area contributed by atoms with Gasteiger partial charge in [0, 0.05) is 84.9 Å². The van der Waals surface area contributed by atoms with Gasteiger partial charge in [0.05, 0.1) is 0 Å². The molecule has 8 nitrogen and oxygen atoms in total. The lowest BCUT2D eigenvalue weighted by Crippen LogP contribution is -2.26. The van der Waals surface area contributed by atoms with Gasteiger partial charge >= 0.3 is 0 Å². The van der Waals surface area contributed by atoms with Gasteiger partial charge in [0.2, 0.25) is 5.91 Å². The first-order chi connectivity index (χ1) is 19.4. The lowest BCUT2D eigenvalue weighted by molar-refractivity contribution is 0.0988. The fraction of sp³-hybridized carbons (Fsp3) is 0.125. The summed E-state index contributed by atoms with van der Waals surface area (Å²) in [5.74, 6) is -0.759. The van der Waals surface area contributed by atoms with E-state index in [0.29, 0.717) is 22.5 Å². The first-order valence-electron chi connectivity index (χ1n) is 13.0. The van der Waals surface area contributed by atoms with Crippen molar-refractivity contribution in [1.29, 1.82) is 0 Å². The van der Waals surface area contributed by atoms with E-state index in [1.54, 1.807) is 29.2 Å². The highest BCUT2D eigenvalue weighted by Gasteiger charge is 2.20. The van der Waals surface area contributed by atoms with Gasteiger partial charge in [-0.2, -0.15) is 0 Å². The predicted octanol–water partition coefficient (Wildman–Crippen LogP) is 5.27. The van der Waals surface area contributed by atoms with E-state index in [1.165, 1.54) is 0 Å². The number of nitrogens with zero attached hydrogens (tertiary/aromatic N) is 3. The Hall–Kier alpha value is -5.24. The molecular weight excluding hydrogens is 500 g/mol. The molecule has 0 unspecified atom stereocenters.